The molecule has 2 aliphatic rings. The van der Waals surface area contributed by atoms with Crippen LogP contribution < -0.4 is 10.2 Å². The minimum Gasteiger partial charge on any atom is -0.504 e. The van der Waals surface area contributed by atoms with Crippen molar-refractivity contribution in [2.24, 2.45) is 4.99 Å². The topological polar surface area (TPSA) is 105 Å². The number of aliphatic imine (C=N–C) groups is 1. The minimum absolute atomic E-state index is 0.104. The third-order valence-electron chi connectivity index (χ3n) is 6.27. The Bertz CT molecular complexity index is 886. The molecular weight excluding hydrogens is 408 g/mol. The zero-order valence-electron chi connectivity index (χ0n) is 19.2. The Morgan fingerprint density at radius 3 is 2.44 bits per heavy atom. The molecule has 1 aromatic rings. The summed E-state index contributed by atoms with van der Waals surface area (Å²) in [5.74, 6) is -2.00. The second-order valence-electron chi connectivity index (χ2n) is 8.52. The Balaban J connectivity index is 1.62. The van der Waals surface area contributed by atoms with E-state index in [1.54, 1.807) is 6.92 Å². The molecular formula is C24H34N4O4. The van der Waals surface area contributed by atoms with Gasteiger partial charge >= 0.3 is 5.97 Å². The summed E-state index contributed by atoms with van der Waals surface area (Å²) >= 11 is 0. The summed E-state index contributed by atoms with van der Waals surface area (Å²) in [6.45, 7) is 7.19. The Morgan fingerprint density at radius 1 is 1.19 bits per heavy atom. The highest BCUT2D eigenvalue weighted by Crippen LogP contribution is 2.30. The van der Waals surface area contributed by atoms with Crippen molar-refractivity contribution in [2.45, 2.75) is 65.1 Å². The number of aliphatic hydroxyl groups excluding tert-OH is 1. The third-order valence-corrected chi connectivity index (χ3v) is 6.27. The van der Waals surface area contributed by atoms with Crippen LogP contribution >= 0.6 is 0 Å². The lowest BCUT2D eigenvalue weighted by Gasteiger charge is -2.44. The predicted molar refractivity (Wildman–Crippen MR) is 125 cm³/mol. The summed E-state index contributed by atoms with van der Waals surface area (Å²) in [4.78, 5) is 31.8. The monoisotopic (exact) mass is 442 g/mol. The summed E-state index contributed by atoms with van der Waals surface area (Å²) in [7, 11) is 0. The SMILES string of the molecule is CCCCc1ccc(N2CCC(N3C(C)=C(O)C(C(=O)NCC(=O)O)=NC3C)CC2)cc1. The molecule has 3 rings (SSSR count). The number of hydrogen-bond acceptors (Lipinski definition) is 6. The van der Waals surface area contributed by atoms with Crippen LogP contribution in [0.1, 0.15) is 52.0 Å². The van der Waals surface area contributed by atoms with Gasteiger partial charge in [-0.15, -0.1) is 0 Å². The molecule has 1 saturated heterocycles. The van der Waals surface area contributed by atoms with Crippen molar-refractivity contribution >= 4 is 23.3 Å². The van der Waals surface area contributed by atoms with Gasteiger partial charge in [0, 0.05) is 24.8 Å². The molecule has 8 nitrogen and oxygen atoms in total. The van der Waals surface area contributed by atoms with Crippen molar-refractivity contribution in [3.63, 3.8) is 0 Å². The van der Waals surface area contributed by atoms with Crippen molar-refractivity contribution in [1.82, 2.24) is 10.2 Å². The number of aliphatic carboxylic acids is 1. The molecule has 1 atom stereocenters. The van der Waals surface area contributed by atoms with Gasteiger partial charge in [-0.2, -0.15) is 0 Å². The van der Waals surface area contributed by atoms with Gasteiger partial charge in [-0.05, 0) is 57.2 Å². The van der Waals surface area contributed by atoms with Gasteiger partial charge in [0.05, 0.1) is 5.70 Å². The van der Waals surface area contributed by atoms with Crippen LogP contribution in [0.3, 0.4) is 0 Å². The van der Waals surface area contributed by atoms with E-state index in [0.29, 0.717) is 5.70 Å². The summed E-state index contributed by atoms with van der Waals surface area (Å²) in [6.07, 6.45) is 5.06. The van der Waals surface area contributed by atoms with E-state index in [4.69, 9.17) is 5.11 Å². The smallest absolute Gasteiger partial charge is 0.322 e. The molecule has 1 fully saturated rings. The maximum Gasteiger partial charge on any atom is 0.322 e. The van der Waals surface area contributed by atoms with Gasteiger partial charge in [0.2, 0.25) is 0 Å². The number of carboxylic acid groups (broad SMARTS) is 1. The number of nitrogens with zero attached hydrogens (tertiary/aromatic N) is 3. The number of benzene rings is 1. The maximum absolute atomic E-state index is 12.2. The fourth-order valence-corrected chi connectivity index (χ4v) is 4.53. The second kappa shape index (κ2) is 10.5. The van der Waals surface area contributed by atoms with Crippen molar-refractivity contribution in [1.29, 1.82) is 0 Å². The van der Waals surface area contributed by atoms with E-state index >= 15 is 0 Å². The van der Waals surface area contributed by atoms with Crippen LogP contribution in [0.2, 0.25) is 0 Å². The number of carbonyl (C=O) groups excluding carboxylic acids is 1. The number of rotatable bonds is 8. The van der Waals surface area contributed by atoms with E-state index in [-0.39, 0.29) is 23.7 Å². The first-order valence-corrected chi connectivity index (χ1v) is 11.4. The van der Waals surface area contributed by atoms with E-state index in [2.05, 4.69) is 51.3 Å². The largest absolute Gasteiger partial charge is 0.504 e. The Hall–Kier alpha value is -3.03. The highest BCUT2D eigenvalue weighted by molar-refractivity contribution is 6.45. The van der Waals surface area contributed by atoms with Crippen molar-refractivity contribution < 1.29 is 19.8 Å². The molecule has 2 aliphatic heterocycles. The summed E-state index contributed by atoms with van der Waals surface area (Å²) < 4.78 is 0. The van der Waals surface area contributed by atoms with Crippen molar-refractivity contribution in [3.05, 3.63) is 41.3 Å². The van der Waals surface area contributed by atoms with E-state index in [1.807, 2.05) is 6.92 Å². The van der Waals surface area contributed by atoms with Gasteiger partial charge in [0.1, 0.15) is 12.7 Å². The minimum atomic E-state index is -1.15. The summed E-state index contributed by atoms with van der Waals surface area (Å²) in [6, 6.07) is 9.07. The number of piperidine rings is 1. The standard InChI is InChI=1S/C24H34N4O4/c1-4-5-6-18-7-9-19(10-8-18)27-13-11-20(12-14-27)28-16(2)23(31)22(26-17(28)3)24(32)25-15-21(29)30/h7-10,17,20,31H,4-6,11-15H2,1-3H3,(H,25,32)(H,29,30). The van der Waals surface area contributed by atoms with Gasteiger partial charge in [-0.3, -0.25) is 14.6 Å². The highest BCUT2D eigenvalue weighted by Gasteiger charge is 2.34. The molecule has 2 heterocycles. The molecule has 32 heavy (non-hydrogen) atoms. The van der Waals surface area contributed by atoms with E-state index < -0.39 is 18.4 Å². The lowest BCUT2D eigenvalue weighted by atomic mass is 9.99. The van der Waals surface area contributed by atoms with Crippen LogP contribution in [0.25, 0.3) is 0 Å². The molecule has 0 aromatic heterocycles. The molecule has 174 valence electrons. The molecule has 0 spiro atoms. The zero-order chi connectivity index (χ0) is 23.3. The Kier molecular flexibility index (Phi) is 7.77. The quantitative estimate of drug-likeness (QED) is 0.571. The number of allylic oxidation sites excluding steroid dienone is 1. The molecule has 0 bridgehead atoms. The second-order valence-corrected chi connectivity index (χ2v) is 8.52. The number of aliphatic hydroxyl groups is 1. The van der Waals surface area contributed by atoms with Gasteiger partial charge in [0.25, 0.3) is 5.91 Å². The first kappa shape index (κ1) is 23.6. The predicted octanol–water partition coefficient (Wildman–Crippen LogP) is 3.09. The number of aryl methyl sites for hydroxylation is 1. The van der Waals surface area contributed by atoms with Gasteiger partial charge in [0.15, 0.2) is 11.5 Å². The number of carboxylic acids is 1. The number of carbonyl (C=O) groups is 2. The summed E-state index contributed by atoms with van der Waals surface area (Å²) in [5.41, 5.74) is 3.12. The fourth-order valence-electron chi connectivity index (χ4n) is 4.53. The van der Waals surface area contributed by atoms with Crippen LogP contribution in [-0.2, 0) is 16.0 Å². The average Bonchev–Trinajstić information content (AvgIpc) is 2.79. The van der Waals surface area contributed by atoms with E-state index in [0.717, 1.165) is 32.4 Å². The molecule has 1 aromatic carbocycles. The lowest BCUT2D eigenvalue weighted by Crippen LogP contribution is -2.50. The fraction of sp³-hybridized carbons (Fsp3) is 0.542. The van der Waals surface area contributed by atoms with Crippen LogP contribution in [-0.4, -0.2) is 64.5 Å². The lowest BCUT2D eigenvalue weighted by molar-refractivity contribution is -0.137. The van der Waals surface area contributed by atoms with Gasteiger partial charge in [-0.25, -0.2) is 0 Å². The summed E-state index contributed by atoms with van der Waals surface area (Å²) in [5, 5.41) is 21.6. The molecule has 0 aliphatic carbocycles. The van der Waals surface area contributed by atoms with Crippen molar-refractivity contribution in [3.8, 4) is 0 Å². The highest BCUT2D eigenvalue weighted by atomic mass is 16.4. The first-order chi connectivity index (χ1) is 15.3. The van der Waals surface area contributed by atoms with Crippen LogP contribution in [0.15, 0.2) is 40.7 Å². The van der Waals surface area contributed by atoms with E-state index in [1.165, 1.54) is 24.1 Å². The zero-order valence-corrected chi connectivity index (χ0v) is 19.2. The van der Waals surface area contributed by atoms with Gasteiger partial charge < -0.3 is 25.3 Å². The maximum atomic E-state index is 12.2. The first-order valence-electron chi connectivity index (χ1n) is 11.4. The molecule has 0 radical (unpaired) electrons. The number of amides is 1. The number of anilines is 1. The average molecular weight is 443 g/mol. The van der Waals surface area contributed by atoms with Crippen LogP contribution in [0, 0.1) is 0 Å². The van der Waals surface area contributed by atoms with Crippen LogP contribution in [0.5, 0.6) is 0 Å². The van der Waals surface area contributed by atoms with Crippen molar-refractivity contribution in [2.75, 3.05) is 24.5 Å². The third kappa shape index (κ3) is 5.41. The van der Waals surface area contributed by atoms with Gasteiger partial charge in [-0.1, -0.05) is 25.5 Å². The van der Waals surface area contributed by atoms with E-state index in [9.17, 15) is 14.7 Å². The number of hydrogen-bond donors (Lipinski definition) is 3. The molecule has 1 amide bonds. The Morgan fingerprint density at radius 2 is 1.84 bits per heavy atom. The molecule has 0 saturated carbocycles. The number of nitrogens with one attached hydrogen (secondary N) is 1. The van der Waals surface area contributed by atoms with Crippen LogP contribution in [0.4, 0.5) is 5.69 Å². The molecule has 3 N–H and O–H groups in total. The molecule has 8 heteroatoms. The number of unbranched alkanes of at least 4 members (excludes halogenated alkanes) is 1. The molecule has 1 unspecified atom stereocenters. The normalized spacial score (nSPS) is 19.7. The Labute approximate surface area is 189 Å².